The van der Waals surface area contributed by atoms with Gasteiger partial charge < -0.3 is 19.9 Å². The number of Topliss-reactive ketones (excluding diaryl/α,β-unsaturated/α-hetero) is 1. The summed E-state index contributed by atoms with van der Waals surface area (Å²) in [6.07, 6.45) is 0.880. The summed E-state index contributed by atoms with van der Waals surface area (Å²) in [4.78, 5) is 24.5. The van der Waals surface area contributed by atoms with Gasteiger partial charge in [0.25, 0.3) is 0 Å². The number of methoxy groups -OCH3 is 1. The molecule has 0 amide bonds. The Morgan fingerprint density at radius 3 is 2.75 bits per heavy atom. The lowest BCUT2D eigenvalue weighted by molar-refractivity contribution is -0.143. The molecule has 0 saturated carbocycles. The molecular formula is C21H22N2O5. The van der Waals surface area contributed by atoms with E-state index in [1.54, 1.807) is 24.3 Å². The van der Waals surface area contributed by atoms with E-state index in [4.69, 9.17) is 15.2 Å². The molecule has 7 heteroatoms. The van der Waals surface area contributed by atoms with Crippen molar-refractivity contribution in [3.63, 3.8) is 0 Å². The first-order valence-electron chi connectivity index (χ1n) is 8.90. The van der Waals surface area contributed by atoms with Gasteiger partial charge in [0.2, 0.25) is 5.88 Å². The summed E-state index contributed by atoms with van der Waals surface area (Å²) in [5.41, 5.74) is 6.93. The second-order valence-electron chi connectivity index (χ2n) is 7.61. The van der Waals surface area contributed by atoms with Gasteiger partial charge in [-0.1, -0.05) is 32.0 Å². The molecule has 7 nitrogen and oxygen atoms in total. The zero-order valence-electron chi connectivity index (χ0n) is 16.1. The Kier molecular flexibility index (Phi) is 5.14. The monoisotopic (exact) mass is 382 g/mol. The van der Waals surface area contributed by atoms with E-state index in [1.165, 1.54) is 7.11 Å². The van der Waals surface area contributed by atoms with Gasteiger partial charge in [0.15, 0.2) is 12.4 Å². The fourth-order valence-corrected chi connectivity index (χ4v) is 3.64. The summed E-state index contributed by atoms with van der Waals surface area (Å²) < 4.78 is 15.9. The first kappa shape index (κ1) is 19.5. The Morgan fingerprint density at radius 1 is 1.36 bits per heavy atom. The summed E-state index contributed by atoms with van der Waals surface area (Å²) in [6.45, 7) is 3.69. The third-order valence-electron chi connectivity index (χ3n) is 4.88. The molecule has 0 radical (unpaired) electrons. The summed E-state index contributed by atoms with van der Waals surface area (Å²) in [6, 6.07) is 9.03. The van der Waals surface area contributed by atoms with Crippen LogP contribution < -0.4 is 10.5 Å². The number of allylic oxidation sites excluding steroid dienone is 3. The van der Waals surface area contributed by atoms with Gasteiger partial charge in [-0.2, -0.15) is 5.26 Å². The van der Waals surface area contributed by atoms with Crippen LogP contribution in [0.2, 0.25) is 0 Å². The van der Waals surface area contributed by atoms with Gasteiger partial charge in [0, 0.05) is 24.0 Å². The van der Waals surface area contributed by atoms with Crippen LogP contribution in [0.15, 0.2) is 47.1 Å². The number of ketones is 1. The molecular weight excluding hydrogens is 360 g/mol. The van der Waals surface area contributed by atoms with Gasteiger partial charge in [-0.25, -0.2) is 4.79 Å². The Hall–Kier alpha value is -3.27. The van der Waals surface area contributed by atoms with Crippen molar-refractivity contribution in [2.45, 2.75) is 32.6 Å². The normalized spacial score (nSPS) is 20.8. The van der Waals surface area contributed by atoms with Crippen molar-refractivity contribution in [3.05, 3.63) is 52.6 Å². The number of hydrogen-bond donors (Lipinski definition) is 1. The first-order valence-corrected chi connectivity index (χ1v) is 8.90. The topological polar surface area (TPSA) is 112 Å². The van der Waals surface area contributed by atoms with Crippen molar-refractivity contribution >= 4 is 11.8 Å². The van der Waals surface area contributed by atoms with Crippen molar-refractivity contribution in [1.29, 1.82) is 5.26 Å². The van der Waals surface area contributed by atoms with Gasteiger partial charge in [0.1, 0.15) is 23.2 Å². The summed E-state index contributed by atoms with van der Waals surface area (Å²) in [7, 11) is 1.27. The highest BCUT2D eigenvalue weighted by Crippen LogP contribution is 2.49. The van der Waals surface area contributed by atoms with Crippen LogP contribution >= 0.6 is 0 Å². The largest absolute Gasteiger partial charge is 0.482 e. The molecule has 1 heterocycles. The average molecular weight is 382 g/mol. The Labute approximate surface area is 163 Å². The van der Waals surface area contributed by atoms with Crippen LogP contribution in [-0.2, 0) is 19.1 Å². The highest BCUT2D eigenvalue weighted by Gasteiger charge is 2.43. The number of ether oxygens (including phenoxy) is 3. The standard InChI is InChI=1S/C21H22N2O5/c1-21(2)8-14(24)19-16(9-21)28-20(23)13(10-22)18(19)12-6-4-5-7-15(12)27-11-17(25)26-3/h4-7,18H,8-9,11,23H2,1-3H3. The van der Waals surface area contributed by atoms with E-state index in [1.807, 2.05) is 13.8 Å². The zero-order chi connectivity index (χ0) is 20.5. The number of hydrogen-bond acceptors (Lipinski definition) is 7. The molecule has 1 unspecified atom stereocenters. The number of esters is 1. The van der Waals surface area contributed by atoms with E-state index in [9.17, 15) is 14.9 Å². The van der Waals surface area contributed by atoms with Crippen LogP contribution in [-0.4, -0.2) is 25.5 Å². The van der Waals surface area contributed by atoms with Crippen molar-refractivity contribution < 1.29 is 23.8 Å². The van der Waals surface area contributed by atoms with Crippen LogP contribution in [0.5, 0.6) is 5.75 Å². The molecule has 1 aromatic carbocycles. The van der Waals surface area contributed by atoms with Gasteiger partial charge in [0.05, 0.1) is 13.0 Å². The molecule has 2 aliphatic rings. The van der Waals surface area contributed by atoms with E-state index >= 15 is 0 Å². The summed E-state index contributed by atoms with van der Waals surface area (Å²) in [5.74, 6) is -0.465. The number of carbonyl (C=O) groups excluding carboxylic acids is 2. The van der Waals surface area contributed by atoms with Crippen molar-refractivity contribution in [3.8, 4) is 11.8 Å². The minimum Gasteiger partial charge on any atom is -0.482 e. The minimum absolute atomic E-state index is 0.0143. The second kappa shape index (κ2) is 7.39. The smallest absolute Gasteiger partial charge is 0.343 e. The molecule has 3 rings (SSSR count). The first-order chi connectivity index (χ1) is 13.3. The van der Waals surface area contributed by atoms with Gasteiger partial charge >= 0.3 is 5.97 Å². The predicted molar refractivity (Wildman–Crippen MR) is 99.7 cm³/mol. The van der Waals surface area contributed by atoms with E-state index in [2.05, 4.69) is 10.8 Å². The number of carbonyl (C=O) groups is 2. The highest BCUT2D eigenvalue weighted by molar-refractivity contribution is 6.00. The maximum Gasteiger partial charge on any atom is 0.343 e. The van der Waals surface area contributed by atoms with Crippen molar-refractivity contribution in [2.75, 3.05) is 13.7 Å². The SMILES string of the molecule is COC(=O)COc1ccccc1C1C(C#N)=C(N)OC2=C1C(=O)CC(C)(C)C2. The van der Waals surface area contributed by atoms with Crippen molar-refractivity contribution in [1.82, 2.24) is 0 Å². The molecule has 1 aliphatic carbocycles. The number of rotatable bonds is 4. The molecule has 2 N–H and O–H groups in total. The molecule has 0 fully saturated rings. The summed E-state index contributed by atoms with van der Waals surface area (Å²) >= 11 is 0. The zero-order valence-corrected chi connectivity index (χ0v) is 16.1. The average Bonchev–Trinajstić information content (AvgIpc) is 2.64. The molecule has 146 valence electrons. The van der Waals surface area contributed by atoms with Crippen LogP contribution in [0.1, 0.15) is 38.2 Å². The second-order valence-corrected chi connectivity index (χ2v) is 7.61. The number of nitrogens with zero attached hydrogens (tertiary/aromatic N) is 1. The number of nitriles is 1. The van der Waals surface area contributed by atoms with Crippen LogP contribution in [0.25, 0.3) is 0 Å². The lowest BCUT2D eigenvalue weighted by Gasteiger charge is -2.37. The van der Waals surface area contributed by atoms with E-state index in [-0.39, 0.29) is 29.3 Å². The predicted octanol–water partition coefficient (Wildman–Crippen LogP) is 2.69. The molecule has 1 aromatic rings. The van der Waals surface area contributed by atoms with Gasteiger partial charge in [-0.15, -0.1) is 0 Å². The van der Waals surface area contributed by atoms with E-state index in [0.29, 0.717) is 35.5 Å². The molecule has 0 aromatic heterocycles. The molecule has 0 bridgehead atoms. The Morgan fingerprint density at radius 2 is 2.07 bits per heavy atom. The maximum atomic E-state index is 13.0. The third kappa shape index (κ3) is 3.58. The highest BCUT2D eigenvalue weighted by atomic mass is 16.6. The molecule has 1 aliphatic heterocycles. The molecule has 1 atom stereocenters. The fourth-order valence-electron chi connectivity index (χ4n) is 3.64. The number of para-hydroxylation sites is 1. The van der Waals surface area contributed by atoms with Crippen LogP contribution in [0.4, 0.5) is 0 Å². The molecule has 0 saturated heterocycles. The van der Waals surface area contributed by atoms with E-state index < -0.39 is 11.9 Å². The number of nitrogens with two attached hydrogens (primary N) is 1. The van der Waals surface area contributed by atoms with Gasteiger partial charge in [-0.05, 0) is 11.5 Å². The summed E-state index contributed by atoms with van der Waals surface area (Å²) in [5, 5.41) is 9.70. The minimum atomic E-state index is -0.703. The molecule has 0 spiro atoms. The quantitative estimate of drug-likeness (QED) is 0.797. The molecule has 28 heavy (non-hydrogen) atoms. The van der Waals surface area contributed by atoms with Crippen LogP contribution in [0.3, 0.4) is 0 Å². The Balaban J connectivity index is 2.11. The lowest BCUT2D eigenvalue weighted by atomic mass is 9.70. The third-order valence-corrected chi connectivity index (χ3v) is 4.88. The number of benzene rings is 1. The van der Waals surface area contributed by atoms with Crippen LogP contribution in [0, 0.1) is 16.7 Å². The van der Waals surface area contributed by atoms with Crippen molar-refractivity contribution in [2.24, 2.45) is 11.1 Å². The maximum absolute atomic E-state index is 13.0. The van der Waals surface area contributed by atoms with E-state index in [0.717, 1.165) is 0 Å². The van der Waals surface area contributed by atoms with Gasteiger partial charge in [-0.3, -0.25) is 4.79 Å². The fraction of sp³-hybridized carbons (Fsp3) is 0.381. The lowest BCUT2D eigenvalue weighted by Crippen LogP contribution is -2.33. The Bertz CT molecular complexity index is 936.